The minimum Gasteiger partial charge on any atom is -0.493 e. The molecule has 2 N–H and O–H groups in total. The second kappa shape index (κ2) is 14.1. The van der Waals surface area contributed by atoms with E-state index in [1.807, 2.05) is 0 Å². The van der Waals surface area contributed by atoms with Gasteiger partial charge in [0.05, 0.1) is 35.5 Å². The average Bonchev–Trinajstić information content (AvgIpc) is 2.91. The van der Waals surface area contributed by atoms with E-state index in [9.17, 15) is 14.4 Å². The predicted molar refractivity (Wildman–Crippen MR) is 134 cm³/mol. The molecule has 0 bridgehead atoms. The van der Waals surface area contributed by atoms with E-state index in [4.69, 9.17) is 23.7 Å². The van der Waals surface area contributed by atoms with Gasteiger partial charge in [0.2, 0.25) is 11.8 Å². The summed E-state index contributed by atoms with van der Waals surface area (Å²) in [4.78, 5) is 36.8. The van der Waals surface area contributed by atoms with E-state index in [0.717, 1.165) is 0 Å². The maximum absolute atomic E-state index is 12.4. The minimum atomic E-state index is -1.09. The molecule has 2 amide bonds. The molecule has 192 valence electrons. The average molecular weight is 499 g/mol. The number of methoxy groups -OCH3 is 5. The van der Waals surface area contributed by atoms with Crippen molar-refractivity contribution in [3.63, 3.8) is 0 Å². The highest BCUT2D eigenvalue weighted by Crippen LogP contribution is 2.28. The van der Waals surface area contributed by atoms with Gasteiger partial charge in [-0.2, -0.15) is 0 Å². The first kappa shape index (κ1) is 27.8. The molecule has 0 radical (unpaired) electrons. The Labute approximate surface area is 209 Å². The zero-order valence-corrected chi connectivity index (χ0v) is 20.8. The Kier molecular flexibility index (Phi) is 10.8. The monoisotopic (exact) mass is 498 g/mol. The summed E-state index contributed by atoms with van der Waals surface area (Å²) < 4.78 is 25.6. The van der Waals surface area contributed by atoms with Crippen molar-refractivity contribution in [1.29, 1.82) is 0 Å². The summed E-state index contributed by atoms with van der Waals surface area (Å²) in [5, 5.41) is 5.10. The zero-order chi connectivity index (χ0) is 26.5. The molecule has 0 fully saturated rings. The number of nitrogens with one attached hydrogen (secondary N) is 2. The molecule has 0 saturated heterocycles. The second-order valence-electron chi connectivity index (χ2n) is 7.22. The molecule has 2 rings (SSSR count). The molecule has 0 spiro atoms. The molecule has 10 nitrogen and oxygen atoms in total. The Bertz CT molecular complexity index is 1130. The largest absolute Gasteiger partial charge is 0.493 e. The van der Waals surface area contributed by atoms with E-state index < -0.39 is 23.8 Å². The molecule has 0 saturated carbocycles. The Balaban J connectivity index is 1.98. The lowest BCUT2D eigenvalue weighted by molar-refractivity contribution is -0.144. The molecule has 2 aromatic rings. The van der Waals surface area contributed by atoms with Crippen LogP contribution in [0.15, 0.2) is 48.6 Å². The quantitative estimate of drug-likeness (QED) is 0.338. The van der Waals surface area contributed by atoms with Crippen LogP contribution >= 0.6 is 0 Å². The molecule has 0 aliphatic heterocycles. The van der Waals surface area contributed by atoms with Crippen molar-refractivity contribution in [2.75, 3.05) is 42.1 Å². The molecule has 2 aromatic carbocycles. The van der Waals surface area contributed by atoms with Crippen molar-refractivity contribution in [3.05, 3.63) is 59.7 Å². The van der Waals surface area contributed by atoms with Crippen LogP contribution in [0.4, 0.5) is 0 Å². The highest BCUT2D eigenvalue weighted by atomic mass is 16.5. The number of carbonyl (C=O) groups is 3. The molecule has 0 aliphatic carbocycles. The summed E-state index contributed by atoms with van der Waals surface area (Å²) in [7, 11) is 7.28. The third-order valence-electron chi connectivity index (χ3n) is 4.95. The van der Waals surface area contributed by atoms with Crippen LogP contribution in [0.25, 0.3) is 12.2 Å². The zero-order valence-electron chi connectivity index (χ0n) is 20.8. The fourth-order valence-electron chi connectivity index (χ4n) is 3.07. The van der Waals surface area contributed by atoms with Gasteiger partial charge in [-0.3, -0.25) is 9.59 Å². The van der Waals surface area contributed by atoms with Crippen molar-refractivity contribution in [3.8, 4) is 23.0 Å². The molecular formula is C26H30N2O8. The topological polar surface area (TPSA) is 121 Å². The molecule has 36 heavy (non-hydrogen) atoms. The smallest absolute Gasteiger partial charge is 0.330 e. The summed E-state index contributed by atoms with van der Waals surface area (Å²) in [5.74, 6) is 0.443. The normalized spacial score (nSPS) is 11.6. The molecule has 0 aliphatic rings. The highest BCUT2D eigenvalue weighted by molar-refractivity contribution is 5.95. The van der Waals surface area contributed by atoms with Crippen LogP contribution in [0.3, 0.4) is 0 Å². The van der Waals surface area contributed by atoms with Gasteiger partial charge in [-0.25, -0.2) is 4.79 Å². The van der Waals surface area contributed by atoms with Crippen molar-refractivity contribution in [2.45, 2.75) is 6.04 Å². The van der Waals surface area contributed by atoms with E-state index in [2.05, 4.69) is 10.6 Å². The third-order valence-corrected chi connectivity index (χ3v) is 4.95. The summed E-state index contributed by atoms with van der Waals surface area (Å²) in [6.07, 6.45) is 5.69. The molecule has 0 aromatic heterocycles. The van der Waals surface area contributed by atoms with Crippen LogP contribution in [0.2, 0.25) is 0 Å². The first-order valence-electron chi connectivity index (χ1n) is 10.8. The van der Waals surface area contributed by atoms with Crippen molar-refractivity contribution < 1.29 is 38.1 Å². The third kappa shape index (κ3) is 8.08. The van der Waals surface area contributed by atoms with Crippen LogP contribution < -0.4 is 29.6 Å². The van der Waals surface area contributed by atoms with E-state index in [0.29, 0.717) is 34.1 Å². The Morgan fingerprint density at radius 2 is 1.19 bits per heavy atom. The molecule has 1 atom stereocenters. The Hall–Kier alpha value is -4.47. The lowest BCUT2D eigenvalue weighted by Gasteiger charge is -2.15. The standard InChI is InChI=1S/C26H30N2O8/c1-32-20-10-6-17(14-22(20)34-3)8-12-24(29)27-16-19(26(31)36-5)28-25(30)13-9-18-7-11-21(33-2)23(15-18)35-4/h6-15,19H,16H2,1-5H3,(H,27,29)(H,28,30)/b12-8+,13-9+/t19-/m1/s1. The summed E-state index contributed by atoms with van der Waals surface area (Å²) in [6, 6.07) is 9.25. The van der Waals surface area contributed by atoms with Gasteiger partial charge in [0.1, 0.15) is 6.04 Å². The summed E-state index contributed by atoms with van der Waals surface area (Å²) in [5.41, 5.74) is 1.40. The van der Waals surface area contributed by atoms with E-state index in [1.54, 1.807) is 48.6 Å². The van der Waals surface area contributed by atoms with E-state index in [-0.39, 0.29) is 6.54 Å². The van der Waals surface area contributed by atoms with Crippen LogP contribution in [-0.2, 0) is 19.1 Å². The van der Waals surface area contributed by atoms with E-state index >= 15 is 0 Å². The van der Waals surface area contributed by atoms with E-state index in [1.165, 1.54) is 47.7 Å². The SMILES string of the molecule is COC(=O)[C@@H](CNC(=O)/C=C/c1ccc(OC)c(OC)c1)NC(=O)/C=C/c1ccc(OC)c(OC)c1. The maximum Gasteiger partial charge on any atom is 0.330 e. The number of carbonyl (C=O) groups excluding carboxylic acids is 3. The lowest BCUT2D eigenvalue weighted by Crippen LogP contribution is -2.48. The van der Waals surface area contributed by atoms with Gasteiger partial charge in [0.15, 0.2) is 23.0 Å². The fraction of sp³-hybridized carbons (Fsp3) is 0.269. The van der Waals surface area contributed by atoms with Gasteiger partial charge in [0, 0.05) is 18.7 Å². The number of benzene rings is 2. The Morgan fingerprint density at radius 3 is 1.64 bits per heavy atom. The molecule has 0 heterocycles. The van der Waals surface area contributed by atoms with Crippen LogP contribution in [0.1, 0.15) is 11.1 Å². The Morgan fingerprint density at radius 1 is 0.722 bits per heavy atom. The molecule has 0 unspecified atom stereocenters. The van der Waals surface area contributed by atoms with Gasteiger partial charge >= 0.3 is 5.97 Å². The number of ether oxygens (including phenoxy) is 5. The summed E-state index contributed by atoms with van der Waals surface area (Å²) >= 11 is 0. The number of esters is 1. The van der Waals surface area contributed by atoms with Crippen molar-refractivity contribution in [1.82, 2.24) is 10.6 Å². The minimum absolute atomic E-state index is 0.169. The van der Waals surface area contributed by atoms with Crippen LogP contribution in [0.5, 0.6) is 23.0 Å². The number of hydrogen-bond acceptors (Lipinski definition) is 8. The first-order valence-corrected chi connectivity index (χ1v) is 10.8. The van der Waals surface area contributed by atoms with Gasteiger partial charge < -0.3 is 34.3 Å². The van der Waals surface area contributed by atoms with Gasteiger partial charge in [-0.05, 0) is 47.5 Å². The molecular weight excluding hydrogens is 468 g/mol. The summed E-state index contributed by atoms with van der Waals surface area (Å²) in [6.45, 7) is -0.169. The number of rotatable bonds is 12. The number of amides is 2. The van der Waals surface area contributed by atoms with Crippen molar-refractivity contribution in [2.24, 2.45) is 0 Å². The highest BCUT2D eigenvalue weighted by Gasteiger charge is 2.21. The lowest BCUT2D eigenvalue weighted by atomic mass is 10.2. The maximum atomic E-state index is 12.4. The van der Waals surface area contributed by atoms with Gasteiger partial charge in [-0.1, -0.05) is 12.1 Å². The van der Waals surface area contributed by atoms with Gasteiger partial charge in [-0.15, -0.1) is 0 Å². The first-order chi connectivity index (χ1) is 17.3. The number of hydrogen-bond donors (Lipinski definition) is 2. The van der Waals surface area contributed by atoms with Crippen molar-refractivity contribution >= 4 is 29.9 Å². The fourth-order valence-corrected chi connectivity index (χ4v) is 3.07. The van der Waals surface area contributed by atoms with Crippen LogP contribution in [-0.4, -0.2) is 65.9 Å². The van der Waals surface area contributed by atoms with Gasteiger partial charge in [0.25, 0.3) is 0 Å². The molecule has 10 heteroatoms. The van der Waals surface area contributed by atoms with Crippen LogP contribution in [0, 0.1) is 0 Å². The second-order valence-corrected chi connectivity index (χ2v) is 7.22. The predicted octanol–water partition coefficient (Wildman–Crippen LogP) is 2.22.